The van der Waals surface area contributed by atoms with Gasteiger partial charge in [0.1, 0.15) is 0 Å². The van der Waals surface area contributed by atoms with E-state index in [-0.39, 0.29) is 11.6 Å². The molecule has 0 aliphatic carbocycles. The van der Waals surface area contributed by atoms with E-state index in [2.05, 4.69) is 47.3 Å². The second-order valence-corrected chi connectivity index (χ2v) is 7.36. The molecule has 0 aliphatic heterocycles. The average molecular weight is 435 g/mol. The summed E-state index contributed by atoms with van der Waals surface area (Å²) in [5.74, 6) is -0.357. The van der Waals surface area contributed by atoms with Crippen molar-refractivity contribution in [3.8, 4) is 0 Å². The fraction of sp³-hybridized carbons (Fsp3) is 0.385. The lowest BCUT2D eigenvalue weighted by Gasteiger charge is -2.16. The largest absolute Gasteiger partial charge is 0.354 e. The molecule has 6 nitrogen and oxygen atoms in total. The molecule has 32 heavy (non-hydrogen) atoms. The molecule has 1 heterocycles. The third kappa shape index (κ3) is 5.90. The van der Waals surface area contributed by atoms with Crippen molar-refractivity contribution in [3.63, 3.8) is 0 Å². The van der Waals surface area contributed by atoms with Gasteiger partial charge in [-0.1, -0.05) is 57.5 Å². The van der Waals surface area contributed by atoms with Crippen molar-refractivity contribution in [1.82, 2.24) is 14.9 Å². The number of nitrogens with zero attached hydrogens (tertiary/aromatic N) is 3. The van der Waals surface area contributed by atoms with Crippen molar-refractivity contribution in [2.24, 2.45) is 4.99 Å². The second-order valence-electron chi connectivity index (χ2n) is 7.36. The number of rotatable bonds is 8. The SMILES string of the molecule is CC.CCCc1cc2c(cc1C)nc(C(=O)NC)c(=NC=O)n2CCCc1ccccc1. The van der Waals surface area contributed by atoms with Crippen LogP contribution in [0, 0.1) is 6.92 Å². The fourth-order valence-corrected chi connectivity index (χ4v) is 3.75. The molecule has 0 atom stereocenters. The first kappa shape index (κ1) is 25.0. The number of hydrogen-bond donors (Lipinski definition) is 1. The molecule has 0 fully saturated rings. The minimum Gasteiger partial charge on any atom is -0.354 e. The van der Waals surface area contributed by atoms with Crippen molar-refractivity contribution in [3.05, 3.63) is 70.3 Å². The Morgan fingerprint density at radius 2 is 1.88 bits per heavy atom. The number of aromatic nitrogens is 2. The van der Waals surface area contributed by atoms with Crippen LogP contribution in [0.4, 0.5) is 0 Å². The summed E-state index contributed by atoms with van der Waals surface area (Å²) in [6.07, 6.45) is 4.21. The van der Waals surface area contributed by atoms with Gasteiger partial charge in [-0.25, -0.2) is 4.98 Å². The van der Waals surface area contributed by atoms with Crippen LogP contribution in [0.1, 0.15) is 60.8 Å². The maximum Gasteiger partial charge on any atom is 0.273 e. The summed E-state index contributed by atoms with van der Waals surface area (Å²) in [5, 5.41) is 2.61. The van der Waals surface area contributed by atoms with Crippen LogP contribution in [0.3, 0.4) is 0 Å². The van der Waals surface area contributed by atoms with Crippen molar-refractivity contribution in [1.29, 1.82) is 0 Å². The number of benzene rings is 2. The van der Waals surface area contributed by atoms with Crippen LogP contribution in [0.5, 0.6) is 0 Å². The number of nitrogens with one attached hydrogen (secondary N) is 1. The lowest BCUT2D eigenvalue weighted by atomic mass is 10.0. The minimum absolute atomic E-state index is 0.166. The van der Waals surface area contributed by atoms with Crippen LogP contribution in [-0.2, 0) is 24.2 Å². The lowest BCUT2D eigenvalue weighted by molar-refractivity contribution is -0.107. The van der Waals surface area contributed by atoms with Gasteiger partial charge in [0.05, 0.1) is 11.0 Å². The first-order valence-electron chi connectivity index (χ1n) is 11.4. The Labute approximate surface area is 190 Å². The standard InChI is InChI=1S/C24H28N4O2.C2H6/c1-4-9-19-15-21-20(14-17(19)2)27-22(24(30)25-3)23(26-16-29)28(21)13-8-12-18-10-6-5-7-11-18;1-2/h5-7,10-11,14-16H,4,8-9,12-13H2,1-3H3,(H,25,30);1-2H3. The molecule has 2 amide bonds. The molecule has 6 heteroatoms. The summed E-state index contributed by atoms with van der Waals surface area (Å²) in [6.45, 7) is 8.84. The van der Waals surface area contributed by atoms with E-state index in [9.17, 15) is 9.59 Å². The highest BCUT2D eigenvalue weighted by Crippen LogP contribution is 2.20. The predicted molar refractivity (Wildman–Crippen MR) is 130 cm³/mol. The number of carbonyl (C=O) groups is 2. The van der Waals surface area contributed by atoms with Gasteiger partial charge in [0.2, 0.25) is 6.41 Å². The number of hydrogen-bond acceptors (Lipinski definition) is 3. The number of fused-ring (bicyclic) bond motifs is 1. The van der Waals surface area contributed by atoms with Gasteiger partial charge in [-0.05, 0) is 55.0 Å². The van der Waals surface area contributed by atoms with E-state index in [0.717, 1.165) is 42.3 Å². The minimum atomic E-state index is -0.357. The highest BCUT2D eigenvalue weighted by atomic mass is 16.2. The van der Waals surface area contributed by atoms with Gasteiger partial charge in [-0.3, -0.25) is 9.59 Å². The molecule has 1 aromatic heterocycles. The third-order valence-corrected chi connectivity index (χ3v) is 5.25. The summed E-state index contributed by atoms with van der Waals surface area (Å²) in [7, 11) is 1.55. The molecular weight excluding hydrogens is 400 g/mol. The normalized spacial score (nSPS) is 11.1. The monoisotopic (exact) mass is 434 g/mol. The summed E-state index contributed by atoms with van der Waals surface area (Å²) < 4.78 is 1.96. The van der Waals surface area contributed by atoms with Crippen LogP contribution >= 0.6 is 0 Å². The van der Waals surface area contributed by atoms with Crippen molar-refractivity contribution in [2.45, 2.75) is 59.9 Å². The zero-order valence-electron chi connectivity index (χ0n) is 19.8. The molecule has 0 bridgehead atoms. The maximum absolute atomic E-state index is 12.5. The summed E-state index contributed by atoms with van der Waals surface area (Å²) in [5.41, 5.74) is 5.74. The van der Waals surface area contributed by atoms with E-state index in [1.165, 1.54) is 11.1 Å². The molecular formula is C26H34N4O2. The Hall–Kier alpha value is -3.28. The topological polar surface area (TPSA) is 76.3 Å². The molecule has 3 rings (SSSR count). The van der Waals surface area contributed by atoms with E-state index in [4.69, 9.17) is 0 Å². The number of carbonyl (C=O) groups excluding carboxylic acids is 2. The van der Waals surface area contributed by atoms with Gasteiger partial charge in [0.15, 0.2) is 11.2 Å². The van der Waals surface area contributed by atoms with Crippen LogP contribution in [-0.4, -0.2) is 28.9 Å². The second kappa shape index (κ2) is 12.5. The van der Waals surface area contributed by atoms with Crippen LogP contribution in [0.25, 0.3) is 11.0 Å². The fourth-order valence-electron chi connectivity index (χ4n) is 3.75. The molecule has 0 aliphatic rings. The summed E-state index contributed by atoms with van der Waals surface area (Å²) >= 11 is 0. The Kier molecular flexibility index (Phi) is 9.79. The van der Waals surface area contributed by atoms with E-state index in [0.29, 0.717) is 18.4 Å². The summed E-state index contributed by atoms with van der Waals surface area (Å²) in [6, 6.07) is 14.4. The van der Waals surface area contributed by atoms with Crippen LogP contribution in [0.15, 0.2) is 47.5 Å². The predicted octanol–water partition coefficient (Wildman–Crippen LogP) is 4.37. The van der Waals surface area contributed by atoms with E-state index >= 15 is 0 Å². The van der Waals surface area contributed by atoms with Gasteiger partial charge < -0.3 is 9.88 Å². The average Bonchev–Trinajstić information content (AvgIpc) is 2.82. The Morgan fingerprint density at radius 1 is 1.16 bits per heavy atom. The van der Waals surface area contributed by atoms with E-state index < -0.39 is 0 Å². The molecule has 3 aromatic rings. The molecule has 0 saturated carbocycles. The zero-order valence-corrected chi connectivity index (χ0v) is 19.8. The Balaban J connectivity index is 0.00000176. The zero-order chi connectivity index (χ0) is 23.5. The molecule has 2 aromatic carbocycles. The third-order valence-electron chi connectivity index (χ3n) is 5.25. The van der Waals surface area contributed by atoms with Gasteiger partial charge in [-0.2, -0.15) is 4.99 Å². The van der Waals surface area contributed by atoms with E-state index in [1.807, 2.05) is 42.7 Å². The number of aryl methyl sites for hydroxylation is 4. The van der Waals surface area contributed by atoms with Gasteiger partial charge >= 0.3 is 0 Å². The molecule has 0 radical (unpaired) electrons. The number of amides is 2. The molecule has 0 saturated heterocycles. The van der Waals surface area contributed by atoms with Gasteiger partial charge in [-0.15, -0.1) is 0 Å². The van der Waals surface area contributed by atoms with E-state index in [1.54, 1.807) is 7.05 Å². The quantitative estimate of drug-likeness (QED) is 0.535. The maximum atomic E-state index is 12.5. The highest BCUT2D eigenvalue weighted by molar-refractivity contribution is 5.93. The van der Waals surface area contributed by atoms with Gasteiger partial charge in [0, 0.05) is 13.6 Å². The molecule has 0 unspecified atom stereocenters. The Bertz CT molecular complexity index is 1120. The lowest BCUT2D eigenvalue weighted by Crippen LogP contribution is -2.34. The summed E-state index contributed by atoms with van der Waals surface area (Å²) in [4.78, 5) is 32.4. The molecule has 170 valence electrons. The van der Waals surface area contributed by atoms with Crippen LogP contribution < -0.4 is 10.8 Å². The van der Waals surface area contributed by atoms with Crippen molar-refractivity contribution >= 4 is 23.4 Å². The molecule has 0 spiro atoms. The highest BCUT2D eigenvalue weighted by Gasteiger charge is 2.16. The first-order chi connectivity index (χ1) is 15.6. The Morgan fingerprint density at radius 3 is 2.50 bits per heavy atom. The van der Waals surface area contributed by atoms with Crippen LogP contribution in [0.2, 0.25) is 0 Å². The first-order valence-corrected chi connectivity index (χ1v) is 11.4. The van der Waals surface area contributed by atoms with Crippen molar-refractivity contribution in [2.75, 3.05) is 7.05 Å². The van der Waals surface area contributed by atoms with Crippen molar-refractivity contribution < 1.29 is 9.59 Å². The molecule has 1 N–H and O–H groups in total. The van der Waals surface area contributed by atoms with Gasteiger partial charge in [0.25, 0.3) is 5.91 Å². The smallest absolute Gasteiger partial charge is 0.273 e.